The number of benzene rings is 1. The molecule has 0 aliphatic carbocycles. The molecule has 1 aromatic carbocycles. The van der Waals surface area contributed by atoms with E-state index in [1.165, 1.54) is 24.4 Å². The van der Waals surface area contributed by atoms with Gasteiger partial charge >= 0.3 is 0 Å². The molecule has 68 valence electrons. The zero-order valence-electron chi connectivity index (χ0n) is 6.79. The third-order valence-electron chi connectivity index (χ3n) is 1.32. The van der Waals surface area contributed by atoms with Crippen LogP contribution in [0.4, 0.5) is 15.8 Å². The lowest BCUT2D eigenvalue weighted by Crippen LogP contribution is -1.95. The lowest BCUT2D eigenvalue weighted by molar-refractivity contribution is 0.631. The molecule has 0 radical (unpaired) electrons. The monoisotopic (exact) mass is 180 g/mol. The summed E-state index contributed by atoms with van der Waals surface area (Å²) in [7, 11) is 0. The average Bonchev–Trinajstić information content (AvgIpc) is 2.11. The van der Waals surface area contributed by atoms with Gasteiger partial charge in [-0.25, -0.2) is 4.39 Å². The van der Waals surface area contributed by atoms with E-state index in [0.717, 1.165) is 6.21 Å². The molecule has 0 heterocycles. The Hall–Kier alpha value is -1.91. The Kier molecular flexibility index (Phi) is 2.97. The Morgan fingerprint density at radius 1 is 1.54 bits per heavy atom. The van der Waals surface area contributed by atoms with E-state index in [-0.39, 0.29) is 5.69 Å². The van der Waals surface area contributed by atoms with Crippen LogP contribution in [-0.2, 0) is 0 Å². The molecule has 0 saturated carbocycles. The van der Waals surface area contributed by atoms with E-state index in [9.17, 15) is 4.39 Å². The van der Waals surface area contributed by atoms with Gasteiger partial charge in [-0.1, -0.05) is 0 Å². The molecule has 0 atom stereocenters. The minimum absolute atomic E-state index is 0.193. The molecule has 13 heavy (non-hydrogen) atoms. The average molecular weight is 180 g/mol. The summed E-state index contributed by atoms with van der Waals surface area (Å²) in [6, 6.07) is 4.13. The van der Waals surface area contributed by atoms with Gasteiger partial charge in [0.25, 0.3) is 0 Å². The topological polar surface area (TPSA) is 74.3 Å². The maximum Gasteiger partial charge on any atom is 0.148 e. The molecular weight excluding hydrogens is 171 g/mol. The fourth-order valence-corrected chi connectivity index (χ4v) is 0.773. The van der Waals surface area contributed by atoms with Crippen molar-refractivity contribution in [3.05, 3.63) is 24.0 Å². The van der Waals surface area contributed by atoms with Crippen LogP contribution in [0.3, 0.4) is 0 Å². The number of nitrogens with two attached hydrogens (primary N) is 1. The first-order chi connectivity index (χ1) is 6.24. The van der Waals surface area contributed by atoms with Crippen LogP contribution in [0.1, 0.15) is 0 Å². The Morgan fingerprint density at radius 3 is 3.00 bits per heavy atom. The Balaban J connectivity index is 2.81. The first-order valence-corrected chi connectivity index (χ1v) is 3.57. The Morgan fingerprint density at radius 2 is 2.31 bits per heavy atom. The van der Waals surface area contributed by atoms with E-state index in [1.807, 2.05) is 0 Å². The predicted molar refractivity (Wildman–Crippen MR) is 51.7 cm³/mol. The van der Waals surface area contributed by atoms with Crippen LogP contribution in [0.15, 0.2) is 23.3 Å². The highest BCUT2D eigenvalue weighted by Crippen LogP contribution is 2.16. The van der Waals surface area contributed by atoms with Crippen molar-refractivity contribution < 1.29 is 4.39 Å². The summed E-state index contributed by atoms with van der Waals surface area (Å²) in [6.07, 6.45) is 2.18. The van der Waals surface area contributed by atoms with Gasteiger partial charge in [-0.3, -0.25) is 5.43 Å². The van der Waals surface area contributed by atoms with Crippen molar-refractivity contribution in [2.45, 2.75) is 0 Å². The van der Waals surface area contributed by atoms with Crippen LogP contribution < -0.4 is 11.2 Å². The number of hydrogen-bond donors (Lipinski definition) is 3. The molecule has 0 fully saturated rings. The zero-order valence-corrected chi connectivity index (χ0v) is 6.79. The lowest BCUT2D eigenvalue weighted by atomic mass is 10.3. The van der Waals surface area contributed by atoms with Crippen molar-refractivity contribution in [1.29, 1.82) is 5.41 Å². The molecule has 0 aliphatic rings. The minimum atomic E-state index is -0.434. The normalized spacial score (nSPS) is 10.2. The molecule has 1 rings (SSSR count). The van der Waals surface area contributed by atoms with Gasteiger partial charge in [-0.2, -0.15) is 5.10 Å². The fourth-order valence-electron chi connectivity index (χ4n) is 0.773. The maximum atomic E-state index is 12.9. The second-order valence-corrected chi connectivity index (χ2v) is 2.30. The van der Waals surface area contributed by atoms with Crippen LogP contribution in [0.2, 0.25) is 0 Å². The molecule has 0 aliphatic heterocycles. The third kappa shape index (κ3) is 2.55. The molecule has 0 unspecified atom stereocenters. The summed E-state index contributed by atoms with van der Waals surface area (Å²) >= 11 is 0. The molecule has 0 aromatic heterocycles. The van der Waals surface area contributed by atoms with E-state index >= 15 is 0 Å². The van der Waals surface area contributed by atoms with Gasteiger partial charge in [0.1, 0.15) is 5.82 Å². The van der Waals surface area contributed by atoms with E-state index < -0.39 is 5.82 Å². The number of nitrogens with zero attached hydrogens (tertiary/aromatic N) is 1. The quantitative estimate of drug-likeness (QED) is 0.374. The van der Waals surface area contributed by atoms with Gasteiger partial charge in [0.2, 0.25) is 0 Å². The van der Waals surface area contributed by atoms with Crippen molar-refractivity contribution >= 4 is 23.8 Å². The summed E-state index contributed by atoms with van der Waals surface area (Å²) in [6.45, 7) is 0. The number of hydrogen-bond acceptors (Lipinski definition) is 4. The van der Waals surface area contributed by atoms with Crippen molar-refractivity contribution in [3.8, 4) is 0 Å². The van der Waals surface area contributed by atoms with Crippen molar-refractivity contribution in [3.63, 3.8) is 0 Å². The van der Waals surface area contributed by atoms with E-state index in [1.54, 1.807) is 0 Å². The predicted octanol–water partition coefficient (Wildman–Crippen LogP) is 1.46. The molecular formula is C8H9FN4. The first kappa shape index (κ1) is 9.18. The van der Waals surface area contributed by atoms with Crippen LogP contribution >= 0.6 is 0 Å². The molecule has 0 amide bonds. The largest absolute Gasteiger partial charge is 0.399 e. The van der Waals surface area contributed by atoms with Gasteiger partial charge in [-0.15, -0.1) is 0 Å². The molecule has 4 N–H and O–H groups in total. The van der Waals surface area contributed by atoms with Gasteiger partial charge in [0, 0.05) is 11.9 Å². The van der Waals surface area contributed by atoms with Crippen LogP contribution in [0.5, 0.6) is 0 Å². The fraction of sp³-hybridized carbons (Fsp3) is 0. The van der Waals surface area contributed by atoms with Gasteiger partial charge in [-0.05, 0) is 18.2 Å². The van der Waals surface area contributed by atoms with Crippen LogP contribution in [0, 0.1) is 11.2 Å². The highest BCUT2D eigenvalue weighted by Gasteiger charge is 1.99. The minimum Gasteiger partial charge on any atom is -0.399 e. The Bertz CT molecular complexity index is 335. The molecule has 4 nitrogen and oxygen atoms in total. The van der Waals surface area contributed by atoms with E-state index in [0.29, 0.717) is 5.69 Å². The van der Waals surface area contributed by atoms with Gasteiger partial charge < -0.3 is 11.1 Å². The second kappa shape index (κ2) is 4.20. The lowest BCUT2D eigenvalue weighted by Gasteiger charge is -2.01. The van der Waals surface area contributed by atoms with E-state index in [2.05, 4.69) is 10.5 Å². The number of hydrazone groups is 1. The number of nitrogen functional groups attached to an aromatic ring is 1. The van der Waals surface area contributed by atoms with Crippen LogP contribution in [0.25, 0.3) is 0 Å². The van der Waals surface area contributed by atoms with Crippen LogP contribution in [-0.4, -0.2) is 12.4 Å². The highest BCUT2D eigenvalue weighted by atomic mass is 19.1. The van der Waals surface area contributed by atoms with Crippen molar-refractivity contribution in [1.82, 2.24) is 0 Å². The summed E-state index contributed by atoms with van der Waals surface area (Å²) < 4.78 is 12.9. The summed E-state index contributed by atoms with van der Waals surface area (Å²) in [5.74, 6) is -0.434. The summed E-state index contributed by atoms with van der Waals surface area (Å²) in [4.78, 5) is 0. The van der Waals surface area contributed by atoms with Gasteiger partial charge in [0.15, 0.2) is 0 Å². The first-order valence-electron chi connectivity index (χ1n) is 3.57. The third-order valence-corrected chi connectivity index (χ3v) is 1.32. The highest BCUT2D eigenvalue weighted by molar-refractivity contribution is 6.14. The molecule has 0 spiro atoms. The smallest absolute Gasteiger partial charge is 0.148 e. The molecule has 0 bridgehead atoms. The van der Waals surface area contributed by atoms with Gasteiger partial charge in [0.05, 0.1) is 11.9 Å². The number of anilines is 2. The SMILES string of the molecule is N=C/C=N\Nc1cc(N)ccc1F. The molecule has 1 aromatic rings. The Labute approximate surface area is 74.8 Å². The number of rotatable bonds is 3. The zero-order chi connectivity index (χ0) is 9.68. The number of nitrogens with one attached hydrogen (secondary N) is 2. The summed E-state index contributed by atoms with van der Waals surface area (Å²) in [5, 5.41) is 10.2. The maximum absolute atomic E-state index is 12.9. The molecule has 0 saturated heterocycles. The second-order valence-electron chi connectivity index (χ2n) is 2.30. The molecule has 5 heteroatoms. The van der Waals surface area contributed by atoms with E-state index in [4.69, 9.17) is 11.1 Å². The van der Waals surface area contributed by atoms with Crippen molar-refractivity contribution in [2.75, 3.05) is 11.2 Å². The van der Waals surface area contributed by atoms with Crippen molar-refractivity contribution in [2.24, 2.45) is 5.10 Å². The summed E-state index contributed by atoms with van der Waals surface area (Å²) in [5.41, 5.74) is 8.49. The standard InChI is InChI=1S/C8H9FN4/c9-7-2-1-6(11)5-8(7)13-12-4-3-10/h1-5,10,13H,11H2/b10-3?,12-4-. The number of halogens is 1.